The average Bonchev–Trinajstić information content (AvgIpc) is 2.60. The maximum absolute atomic E-state index is 11.5. The van der Waals surface area contributed by atoms with Crippen LogP contribution in [0.2, 0.25) is 0 Å². The highest BCUT2D eigenvalue weighted by Gasteiger charge is 2.16. The first kappa shape index (κ1) is 15.7. The molecule has 3 rings (SSSR count). The van der Waals surface area contributed by atoms with Crippen LogP contribution in [-0.2, 0) is 11.2 Å². The van der Waals surface area contributed by atoms with Crippen LogP contribution in [0.1, 0.15) is 11.1 Å². The summed E-state index contributed by atoms with van der Waals surface area (Å²) in [4.78, 5) is 15.8. The molecule has 0 bridgehead atoms. The summed E-state index contributed by atoms with van der Waals surface area (Å²) in [6.45, 7) is 0. The Morgan fingerprint density at radius 2 is 1.71 bits per heavy atom. The lowest BCUT2D eigenvalue weighted by Gasteiger charge is -2.08. The van der Waals surface area contributed by atoms with Gasteiger partial charge < -0.3 is 10.2 Å². The summed E-state index contributed by atoms with van der Waals surface area (Å²) in [5.74, 6) is -0.815. The number of benzene rings is 3. The molecule has 120 valence electrons. The van der Waals surface area contributed by atoms with E-state index in [9.17, 15) is 15.0 Å². The van der Waals surface area contributed by atoms with Crippen LogP contribution in [0.5, 0.6) is 5.75 Å². The SMILES string of the molecule is O=C(O)C(Cc1ccc(O)cc1)N=Cc1cccc2ccccc12. The van der Waals surface area contributed by atoms with Crippen molar-refractivity contribution in [3.63, 3.8) is 0 Å². The van der Waals surface area contributed by atoms with E-state index >= 15 is 0 Å². The second kappa shape index (κ2) is 6.96. The van der Waals surface area contributed by atoms with Crippen molar-refractivity contribution in [1.82, 2.24) is 0 Å². The van der Waals surface area contributed by atoms with E-state index in [1.165, 1.54) is 0 Å². The molecule has 0 aliphatic heterocycles. The Kier molecular flexibility index (Phi) is 4.57. The number of carbonyl (C=O) groups is 1. The van der Waals surface area contributed by atoms with E-state index in [4.69, 9.17) is 0 Å². The van der Waals surface area contributed by atoms with Crippen molar-refractivity contribution < 1.29 is 15.0 Å². The lowest BCUT2D eigenvalue weighted by atomic mass is 10.0. The van der Waals surface area contributed by atoms with Gasteiger partial charge in [-0.05, 0) is 28.5 Å². The van der Waals surface area contributed by atoms with E-state index in [-0.39, 0.29) is 12.2 Å². The van der Waals surface area contributed by atoms with E-state index in [0.717, 1.165) is 21.9 Å². The first-order chi connectivity index (χ1) is 11.6. The number of fused-ring (bicyclic) bond motifs is 1. The van der Waals surface area contributed by atoms with E-state index in [1.54, 1.807) is 30.5 Å². The van der Waals surface area contributed by atoms with Crippen molar-refractivity contribution in [1.29, 1.82) is 0 Å². The van der Waals surface area contributed by atoms with Gasteiger partial charge in [0, 0.05) is 18.2 Å². The number of aliphatic imine (C=N–C) groups is 1. The summed E-state index contributed by atoms with van der Waals surface area (Å²) >= 11 is 0. The van der Waals surface area contributed by atoms with Crippen LogP contribution in [0.4, 0.5) is 0 Å². The molecule has 0 spiro atoms. The van der Waals surface area contributed by atoms with Crippen molar-refractivity contribution >= 4 is 23.0 Å². The van der Waals surface area contributed by atoms with Crippen LogP contribution in [-0.4, -0.2) is 28.4 Å². The maximum Gasteiger partial charge on any atom is 0.328 e. The van der Waals surface area contributed by atoms with Crippen molar-refractivity contribution in [2.24, 2.45) is 4.99 Å². The molecular formula is C20H17NO3. The van der Waals surface area contributed by atoms with Crippen molar-refractivity contribution in [3.05, 3.63) is 77.9 Å². The number of phenolic OH excluding ortho intramolecular Hbond substituents is 1. The van der Waals surface area contributed by atoms with Crippen LogP contribution >= 0.6 is 0 Å². The predicted molar refractivity (Wildman–Crippen MR) is 94.8 cm³/mol. The van der Waals surface area contributed by atoms with Gasteiger partial charge in [0.15, 0.2) is 6.04 Å². The molecule has 0 heterocycles. The highest BCUT2D eigenvalue weighted by atomic mass is 16.4. The second-order valence-electron chi connectivity index (χ2n) is 5.57. The van der Waals surface area contributed by atoms with Crippen LogP contribution in [0.3, 0.4) is 0 Å². The largest absolute Gasteiger partial charge is 0.508 e. The molecule has 0 saturated heterocycles. The minimum atomic E-state index is -0.973. The van der Waals surface area contributed by atoms with Crippen molar-refractivity contribution in [2.75, 3.05) is 0 Å². The zero-order chi connectivity index (χ0) is 16.9. The number of carboxylic acid groups (broad SMARTS) is 1. The fourth-order valence-electron chi connectivity index (χ4n) is 2.59. The normalized spacial score (nSPS) is 12.5. The van der Waals surface area contributed by atoms with E-state index in [2.05, 4.69) is 4.99 Å². The Bertz CT molecular complexity index is 880. The molecule has 1 atom stereocenters. The summed E-state index contributed by atoms with van der Waals surface area (Å²) in [5, 5.41) is 20.9. The third-order valence-electron chi connectivity index (χ3n) is 3.87. The molecule has 24 heavy (non-hydrogen) atoms. The monoisotopic (exact) mass is 319 g/mol. The Labute approximate surface area is 139 Å². The first-order valence-corrected chi connectivity index (χ1v) is 7.65. The van der Waals surface area contributed by atoms with Gasteiger partial charge in [-0.25, -0.2) is 4.79 Å². The van der Waals surface area contributed by atoms with Gasteiger partial charge in [-0.1, -0.05) is 54.6 Å². The van der Waals surface area contributed by atoms with E-state index in [1.807, 2.05) is 42.5 Å². The molecule has 4 heteroatoms. The molecule has 0 aliphatic rings. The number of aromatic hydroxyl groups is 1. The third kappa shape index (κ3) is 3.60. The molecule has 0 amide bonds. The molecule has 0 aromatic heterocycles. The minimum absolute atomic E-state index is 0.157. The summed E-state index contributed by atoms with van der Waals surface area (Å²) in [6, 6.07) is 19.4. The number of rotatable bonds is 5. The van der Waals surface area contributed by atoms with Gasteiger partial charge in [-0.15, -0.1) is 0 Å². The summed E-state index contributed by atoms with van der Waals surface area (Å²) in [6.07, 6.45) is 1.90. The van der Waals surface area contributed by atoms with Crippen LogP contribution < -0.4 is 0 Å². The molecule has 2 N–H and O–H groups in total. The van der Waals surface area contributed by atoms with E-state index in [0.29, 0.717) is 0 Å². The molecule has 3 aromatic carbocycles. The Hall–Kier alpha value is -3.14. The molecule has 3 aromatic rings. The van der Waals surface area contributed by atoms with Crippen molar-refractivity contribution in [2.45, 2.75) is 12.5 Å². The zero-order valence-corrected chi connectivity index (χ0v) is 13.0. The fraction of sp³-hybridized carbons (Fsp3) is 0.100. The van der Waals surface area contributed by atoms with Gasteiger partial charge in [0.05, 0.1) is 0 Å². The quantitative estimate of drug-likeness (QED) is 0.705. The van der Waals surface area contributed by atoms with Gasteiger partial charge in [-0.2, -0.15) is 0 Å². The van der Waals surface area contributed by atoms with Gasteiger partial charge in [0.2, 0.25) is 0 Å². The van der Waals surface area contributed by atoms with Gasteiger partial charge in [0.1, 0.15) is 5.75 Å². The number of hydrogen-bond donors (Lipinski definition) is 2. The first-order valence-electron chi connectivity index (χ1n) is 7.65. The lowest BCUT2D eigenvalue weighted by molar-refractivity contribution is -0.138. The molecule has 0 aliphatic carbocycles. The predicted octanol–water partition coefficient (Wildman–Crippen LogP) is 3.66. The van der Waals surface area contributed by atoms with Crippen molar-refractivity contribution in [3.8, 4) is 5.75 Å². The molecule has 0 saturated carbocycles. The summed E-state index contributed by atoms with van der Waals surface area (Å²) < 4.78 is 0. The standard InChI is InChI=1S/C20H17NO3/c22-17-10-8-14(9-11-17)12-19(20(23)24)21-13-16-6-3-5-15-4-1-2-7-18(15)16/h1-11,13,19,22H,12H2,(H,23,24). The van der Waals surface area contributed by atoms with Gasteiger partial charge in [0.25, 0.3) is 0 Å². The second-order valence-corrected chi connectivity index (χ2v) is 5.57. The number of carboxylic acids is 1. The molecule has 1 unspecified atom stereocenters. The lowest BCUT2D eigenvalue weighted by Crippen LogP contribution is -2.20. The third-order valence-corrected chi connectivity index (χ3v) is 3.87. The minimum Gasteiger partial charge on any atom is -0.508 e. The van der Waals surface area contributed by atoms with Crippen LogP contribution in [0.15, 0.2) is 71.7 Å². The molecule has 4 nitrogen and oxygen atoms in total. The zero-order valence-electron chi connectivity index (χ0n) is 13.0. The smallest absolute Gasteiger partial charge is 0.328 e. The summed E-state index contributed by atoms with van der Waals surface area (Å²) in [7, 11) is 0. The Balaban J connectivity index is 1.85. The van der Waals surface area contributed by atoms with Crippen LogP contribution in [0.25, 0.3) is 10.8 Å². The fourth-order valence-corrected chi connectivity index (χ4v) is 2.59. The average molecular weight is 319 g/mol. The van der Waals surface area contributed by atoms with E-state index < -0.39 is 12.0 Å². The number of aliphatic carboxylic acids is 1. The molecule has 0 radical (unpaired) electrons. The molecule has 0 fully saturated rings. The number of hydrogen-bond acceptors (Lipinski definition) is 3. The summed E-state index contributed by atoms with van der Waals surface area (Å²) in [5.41, 5.74) is 1.71. The highest BCUT2D eigenvalue weighted by Crippen LogP contribution is 2.18. The maximum atomic E-state index is 11.5. The Morgan fingerprint density at radius 1 is 1.00 bits per heavy atom. The number of nitrogens with zero attached hydrogens (tertiary/aromatic N) is 1. The van der Waals surface area contributed by atoms with Crippen LogP contribution in [0, 0.1) is 0 Å². The highest BCUT2D eigenvalue weighted by molar-refractivity contribution is 6.00. The Morgan fingerprint density at radius 3 is 2.46 bits per heavy atom. The van der Waals surface area contributed by atoms with Gasteiger partial charge >= 0.3 is 5.97 Å². The molecular weight excluding hydrogens is 302 g/mol. The topological polar surface area (TPSA) is 69.9 Å². The van der Waals surface area contributed by atoms with Gasteiger partial charge in [-0.3, -0.25) is 4.99 Å². The number of phenols is 1.